The average Bonchev–Trinajstić information content (AvgIpc) is 2.37. The minimum absolute atomic E-state index is 0.0667. The molecule has 0 spiro atoms. The Morgan fingerprint density at radius 2 is 2.09 bits per heavy atom. The van der Waals surface area contributed by atoms with Crippen molar-refractivity contribution in [3.63, 3.8) is 0 Å². The number of rotatable bonds is 1. The first-order valence-electron chi connectivity index (χ1n) is 4.35. The first-order chi connectivity index (χ1) is 5.03. The third kappa shape index (κ3) is 0.572. The molecule has 0 saturated heterocycles. The molecule has 0 unspecified atom stereocenters. The van der Waals surface area contributed by atoms with Gasteiger partial charge in [-0.05, 0) is 29.6 Å². The van der Waals surface area contributed by atoms with E-state index in [1.165, 1.54) is 0 Å². The number of fused-ring (bicyclic) bond motifs is 1. The SMILES string of the molecule is C=C[C@]12C[C@H](O)[C@H](C1)C2(C)C. The van der Waals surface area contributed by atoms with E-state index in [0.717, 1.165) is 12.8 Å². The fraction of sp³-hybridized carbons (Fsp3) is 0.800. The van der Waals surface area contributed by atoms with Crippen molar-refractivity contribution in [1.82, 2.24) is 0 Å². The summed E-state index contributed by atoms with van der Waals surface area (Å²) in [4.78, 5) is 0. The maximum Gasteiger partial charge on any atom is 0.0582 e. The third-order valence-corrected chi connectivity index (χ3v) is 4.22. The molecule has 1 N–H and O–H groups in total. The highest BCUT2D eigenvalue weighted by Crippen LogP contribution is 2.70. The largest absolute Gasteiger partial charge is 0.393 e. The Morgan fingerprint density at radius 3 is 2.27 bits per heavy atom. The van der Waals surface area contributed by atoms with Crippen LogP contribution in [-0.4, -0.2) is 11.2 Å². The number of aliphatic hydroxyl groups excluding tert-OH is 1. The minimum atomic E-state index is -0.0667. The van der Waals surface area contributed by atoms with Gasteiger partial charge >= 0.3 is 0 Å². The summed E-state index contributed by atoms with van der Waals surface area (Å²) in [6.45, 7) is 8.37. The Morgan fingerprint density at radius 1 is 1.45 bits per heavy atom. The summed E-state index contributed by atoms with van der Waals surface area (Å²) in [7, 11) is 0. The van der Waals surface area contributed by atoms with Gasteiger partial charge in [-0.15, -0.1) is 6.58 Å². The molecular weight excluding hydrogens is 136 g/mol. The lowest BCUT2D eigenvalue weighted by atomic mass is 9.51. The Kier molecular flexibility index (Phi) is 1.15. The predicted octanol–water partition coefficient (Wildman–Crippen LogP) is 1.97. The van der Waals surface area contributed by atoms with Crippen molar-refractivity contribution >= 4 is 0 Å². The molecule has 3 aliphatic carbocycles. The summed E-state index contributed by atoms with van der Waals surface area (Å²) < 4.78 is 0. The first-order valence-corrected chi connectivity index (χ1v) is 4.35. The Hall–Kier alpha value is -0.300. The molecular formula is C10H16O. The van der Waals surface area contributed by atoms with Crippen LogP contribution in [0.25, 0.3) is 0 Å². The minimum Gasteiger partial charge on any atom is -0.393 e. The quantitative estimate of drug-likeness (QED) is 0.569. The molecule has 62 valence electrons. The molecule has 0 radical (unpaired) electrons. The van der Waals surface area contributed by atoms with Crippen molar-refractivity contribution in [3.05, 3.63) is 12.7 Å². The van der Waals surface area contributed by atoms with Crippen LogP contribution >= 0.6 is 0 Å². The van der Waals surface area contributed by atoms with E-state index in [4.69, 9.17) is 0 Å². The van der Waals surface area contributed by atoms with Crippen molar-refractivity contribution in [1.29, 1.82) is 0 Å². The average molecular weight is 152 g/mol. The van der Waals surface area contributed by atoms with Crippen LogP contribution in [0.4, 0.5) is 0 Å². The molecule has 3 fully saturated rings. The van der Waals surface area contributed by atoms with Gasteiger partial charge in [0.1, 0.15) is 0 Å². The second-order valence-corrected chi connectivity index (χ2v) is 4.66. The van der Waals surface area contributed by atoms with Crippen molar-refractivity contribution in [2.45, 2.75) is 32.8 Å². The number of hydrogen-bond donors (Lipinski definition) is 1. The standard InChI is InChI=1S/C10H16O/c1-4-10-5-7(8(11)6-10)9(10,2)3/h4,7-8,11H,1,5-6H2,2-3H3/t7-,8-,10+/m0/s1. The zero-order valence-corrected chi connectivity index (χ0v) is 7.30. The number of allylic oxidation sites excluding steroid dienone is 1. The van der Waals surface area contributed by atoms with Gasteiger partial charge < -0.3 is 5.11 Å². The molecule has 0 amide bonds. The molecule has 0 aromatic heterocycles. The van der Waals surface area contributed by atoms with Crippen LogP contribution in [0.15, 0.2) is 12.7 Å². The zero-order valence-electron chi connectivity index (χ0n) is 7.30. The fourth-order valence-electron chi connectivity index (χ4n) is 3.06. The molecule has 3 aliphatic rings. The van der Waals surface area contributed by atoms with Gasteiger partial charge in [-0.3, -0.25) is 0 Å². The molecule has 3 saturated carbocycles. The summed E-state index contributed by atoms with van der Waals surface area (Å²) >= 11 is 0. The van der Waals surface area contributed by atoms with Gasteiger partial charge in [0, 0.05) is 0 Å². The van der Waals surface area contributed by atoms with Crippen LogP contribution in [0.3, 0.4) is 0 Å². The van der Waals surface area contributed by atoms with Gasteiger partial charge in [-0.2, -0.15) is 0 Å². The molecule has 0 aromatic rings. The van der Waals surface area contributed by atoms with Gasteiger partial charge in [0.15, 0.2) is 0 Å². The molecule has 0 aromatic carbocycles. The molecule has 0 heterocycles. The van der Waals surface area contributed by atoms with Crippen molar-refractivity contribution in [3.8, 4) is 0 Å². The highest BCUT2D eigenvalue weighted by Gasteiger charge is 2.66. The maximum absolute atomic E-state index is 9.62. The molecule has 11 heavy (non-hydrogen) atoms. The van der Waals surface area contributed by atoms with Crippen LogP contribution < -0.4 is 0 Å². The highest BCUT2D eigenvalue weighted by molar-refractivity contribution is 5.23. The summed E-state index contributed by atoms with van der Waals surface area (Å²) in [5.41, 5.74) is 0.561. The Balaban J connectivity index is 2.35. The molecule has 0 aliphatic heterocycles. The Labute approximate surface area is 68.1 Å². The number of aliphatic hydroxyl groups is 1. The van der Waals surface area contributed by atoms with E-state index in [2.05, 4.69) is 26.5 Å². The van der Waals surface area contributed by atoms with Gasteiger partial charge in [0.2, 0.25) is 0 Å². The van der Waals surface area contributed by atoms with E-state index in [1.54, 1.807) is 0 Å². The van der Waals surface area contributed by atoms with Crippen LogP contribution in [0.2, 0.25) is 0 Å². The lowest BCUT2D eigenvalue weighted by molar-refractivity contribution is -0.0360. The van der Waals surface area contributed by atoms with Gasteiger partial charge in [0.05, 0.1) is 6.10 Å². The van der Waals surface area contributed by atoms with E-state index in [0.29, 0.717) is 11.3 Å². The summed E-state index contributed by atoms with van der Waals surface area (Å²) in [5.74, 6) is 0.528. The van der Waals surface area contributed by atoms with Crippen LogP contribution in [-0.2, 0) is 0 Å². The van der Waals surface area contributed by atoms with Gasteiger partial charge in [-0.1, -0.05) is 19.9 Å². The number of hydrogen-bond acceptors (Lipinski definition) is 1. The van der Waals surface area contributed by atoms with E-state index >= 15 is 0 Å². The second kappa shape index (κ2) is 1.71. The third-order valence-electron chi connectivity index (χ3n) is 4.22. The summed E-state index contributed by atoms with van der Waals surface area (Å²) in [5, 5.41) is 9.62. The lowest BCUT2D eigenvalue weighted by Gasteiger charge is -2.53. The summed E-state index contributed by atoms with van der Waals surface area (Å²) in [6, 6.07) is 0. The summed E-state index contributed by atoms with van der Waals surface area (Å²) in [6.07, 6.45) is 4.08. The highest BCUT2D eigenvalue weighted by atomic mass is 16.3. The normalized spacial score (nSPS) is 51.9. The molecule has 1 nitrogen and oxygen atoms in total. The second-order valence-electron chi connectivity index (χ2n) is 4.66. The van der Waals surface area contributed by atoms with Crippen LogP contribution in [0, 0.1) is 16.7 Å². The van der Waals surface area contributed by atoms with Crippen molar-refractivity contribution in [2.75, 3.05) is 0 Å². The van der Waals surface area contributed by atoms with E-state index in [9.17, 15) is 5.11 Å². The molecule has 1 heteroatoms. The van der Waals surface area contributed by atoms with Gasteiger partial charge in [0.25, 0.3) is 0 Å². The van der Waals surface area contributed by atoms with E-state index in [-0.39, 0.29) is 11.5 Å². The monoisotopic (exact) mass is 152 g/mol. The molecule has 3 rings (SSSR count). The van der Waals surface area contributed by atoms with E-state index in [1.807, 2.05) is 0 Å². The fourth-order valence-corrected chi connectivity index (χ4v) is 3.06. The van der Waals surface area contributed by atoms with Crippen LogP contribution in [0.5, 0.6) is 0 Å². The topological polar surface area (TPSA) is 20.2 Å². The molecule has 3 atom stereocenters. The van der Waals surface area contributed by atoms with Crippen LogP contribution in [0.1, 0.15) is 26.7 Å². The van der Waals surface area contributed by atoms with Crippen molar-refractivity contribution in [2.24, 2.45) is 16.7 Å². The van der Waals surface area contributed by atoms with Gasteiger partial charge in [-0.25, -0.2) is 0 Å². The first kappa shape index (κ1) is 7.35. The van der Waals surface area contributed by atoms with E-state index < -0.39 is 0 Å². The molecule has 2 bridgehead atoms. The lowest BCUT2D eigenvalue weighted by Crippen LogP contribution is -2.47. The van der Waals surface area contributed by atoms with Crippen molar-refractivity contribution < 1.29 is 5.11 Å². The predicted molar refractivity (Wildman–Crippen MR) is 45.1 cm³/mol. The smallest absolute Gasteiger partial charge is 0.0582 e. The maximum atomic E-state index is 9.62. The zero-order chi connectivity index (χ0) is 8.28. The Bertz CT molecular complexity index is 207.